The van der Waals surface area contributed by atoms with Crippen LogP contribution in [0.1, 0.15) is 6.23 Å². The summed E-state index contributed by atoms with van der Waals surface area (Å²) in [5, 5.41) is 28.8. The van der Waals surface area contributed by atoms with Crippen molar-refractivity contribution >= 4 is 28.6 Å². The second kappa shape index (κ2) is 4.79. The number of aliphatic hydroxyl groups is 3. The van der Waals surface area contributed by atoms with Crippen molar-refractivity contribution in [3.63, 3.8) is 0 Å². The van der Waals surface area contributed by atoms with Crippen LogP contribution in [0.15, 0.2) is 6.33 Å². The lowest BCUT2D eigenvalue weighted by molar-refractivity contribution is -0.0511. The standard InChI is InChI=1S/C10H12ClN5O4/c11-10-14-7(12)4-8(15-10)16(2-13-4)9-6(19)5(18)3(1-17)20-9/h2-3,5-6,9,17-19H,1H2,(H2,12,14,15)/t3-,5?,6-,9-/m1/s1. The van der Waals surface area contributed by atoms with E-state index in [-0.39, 0.29) is 16.7 Å². The Bertz CT molecular complexity index is 650. The van der Waals surface area contributed by atoms with Gasteiger partial charge in [0.15, 0.2) is 17.7 Å². The van der Waals surface area contributed by atoms with Gasteiger partial charge in [0.2, 0.25) is 5.28 Å². The topological polar surface area (TPSA) is 140 Å². The molecular formula is C10H12ClN5O4. The van der Waals surface area contributed by atoms with Crippen LogP contribution in [0.5, 0.6) is 0 Å². The molecule has 2 aromatic heterocycles. The van der Waals surface area contributed by atoms with Gasteiger partial charge in [-0.1, -0.05) is 0 Å². The minimum Gasteiger partial charge on any atom is -0.394 e. The molecule has 10 heteroatoms. The summed E-state index contributed by atoms with van der Waals surface area (Å²) < 4.78 is 6.79. The maximum atomic E-state index is 9.99. The molecular weight excluding hydrogens is 290 g/mol. The van der Waals surface area contributed by atoms with Crippen LogP contribution in [-0.4, -0.2) is 59.8 Å². The van der Waals surface area contributed by atoms with Gasteiger partial charge in [-0.3, -0.25) is 4.57 Å². The van der Waals surface area contributed by atoms with Crippen LogP contribution < -0.4 is 5.73 Å². The highest BCUT2D eigenvalue weighted by atomic mass is 35.5. The Labute approximate surface area is 117 Å². The Balaban J connectivity index is 2.07. The van der Waals surface area contributed by atoms with Crippen LogP contribution >= 0.6 is 11.6 Å². The zero-order chi connectivity index (χ0) is 14.4. The Morgan fingerprint density at radius 3 is 2.75 bits per heavy atom. The molecule has 0 aliphatic carbocycles. The largest absolute Gasteiger partial charge is 0.394 e. The third-order valence-corrected chi connectivity index (χ3v) is 3.38. The zero-order valence-corrected chi connectivity index (χ0v) is 10.8. The number of halogens is 1. The summed E-state index contributed by atoms with van der Waals surface area (Å²) in [6.07, 6.45) is -2.93. The normalized spacial score (nSPS) is 30.2. The summed E-state index contributed by atoms with van der Waals surface area (Å²) in [5.41, 5.74) is 6.27. The quantitative estimate of drug-likeness (QED) is 0.500. The van der Waals surface area contributed by atoms with E-state index in [2.05, 4.69) is 15.0 Å². The summed E-state index contributed by atoms with van der Waals surface area (Å²) in [4.78, 5) is 11.8. The highest BCUT2D eigenvalue weighted by molar-refractivity contribution is 6.28. The number of rotatable bonds is 2. The number of aliphatic hydroxyl groups excluding tert-OH is 3. The molecule has 4 atom stereocenters. The van der Waals surface area contributed by atoms with E-state index in [0.717, 1.165) is 0 Å². The third kappa shape index (κ3) is 1.91. The van der Waals surface area contributed by atoms with E-state index in [1.54, 1.807) is 0 Å². The molecule has 1 saturated heterocycles. The van der Waals surface area contributed by atoms with Crippen LogP contribution in [0.4, 0.5) is 5.82 Å². The molecule has 108 valence electrons. The van der Waals surface area contributed by atoms with Crippen molar-refractivity contribution in [2.45, 2.75) is 24.5 Å². The first-order chi connectivity index (χ1) is 9.52. The third-order valence-electron chi connectivity index (χ3n) is 3.21. The average Bonchev–Trinajstić information content (AvgIpc) is 2.93. The van der Waals surface area contributed by atoms with Gasteiger partial charge in [-0.25, -0.2) is 4.98 Å². The van der Waals surface area contributed by atoms with Crippen LogP contribution in [0.3, 0.4) is 0 Å². The van der Waals surface area contributed by atoms with E-state index >= 15 is 0 Å². The molecule has 0 bridgehead atoms. The lowest BCUT2D eigenvalue weighted by Gasteiger charge is -2.16. The number of nitrogens with two attached hydrogens (primary N) is 1. The van der Waals surface area contributed by atoms with Crippen molar-refractivity contribution in [2.75, 3.05) is 12.3 Å². The molecule has 5 N–H and O–H groups in total. The monoisotopic (exact) mass is 301 g/mol. The van der Waals surface area contributed by atoms with Gasteiger partial charge in [-0.05, 0) is 11.6 Å². The van der Waals surface area contributed by atoms with Crippen LogP contribution in [-0.2, 0) is 4.74 Å². The maximum absolute atomic E-state index is 9.99. The minimum atomic E-state index is -1.24. The fraction of sp³-hybridized carbons (Fsp3) is 0.500. The predicted octanol–water partition coefficient (Wildman–Crippen LogP) is -1.33. The second-order valence-corrected chi connectivity index (χ2v) is 4.77. The molecule has 0 aromatic carbocycles. The number of nitrogens with zero attached hydrogens (tertiary/aromatic N) is 4. The van der Waals surface area contributed by atoms with Crippen LogP contribution in [0.25, 0.3) is 11.2 Å². The number of hydrogen-bond donors (Lipinski definition) is 4. The van der Waals surface area contributed by atoms with Gasteiger partial charge in [0.1, 0.15) is 23.8 Å². The number of anilines is 1. The van der Waals surface area contributed by atoms with Crippen LogP contribution in [0.2, 0.25) is 5.28 Å². The first kappa shape index (κ1) is 13.5. The van der Waals surface area contributed by atoms with Crippen molar-refractivity contribution in [3.05, 3.63) is 11.6 Å². The number of hydrogen-bond acceptors (Lipinski definition) is 8. The van der Waals surface area contributed by atoms with Crippen molar-refractivity contribution in [2.24, 2.45) is 0 Å². The van der Waals surface area contributed by atoms with E-state index < -0.39 is 31.1 Å². The molecule has 1 fully saturated rings. The number of nitrogen functional groups attached to an aromatic ring is 1. The number of aromatic nitrogens is 4. The molecule has 0 saturated carbocycles. The number of ether oxygens (including phenoxy) is 1. The van der Waals surface area contributed by atoms with Gasteiger partial charge >= 0.3 is 0 Å². The van der Waals surface area contributed by atoms with E-state index in [4.69, 9.17) is 27.2 Å². The summed E-state index contributed by atoms with van der Waals surface area (Å²) in [6, 6.07) is 0. The Morgan fingerprint density at radius 2 is 2.10 bits per heavy atom. The molecule has 20 heavy (non-hydrogen) atoms. The molecule has 1 aliphatic heterocycles. The Morgan fingerprint density at radius 1 is 1.35 bits per heavy atom. The molecule has 3 rings (SSSR count). The van der Waals surface area contributed by atoms with Gasteiger partial charge in [0.05, 0.1) is 12.9 Å². The van der Waals surface area contributed by atoms with Gasteiger partial charge < -0.3 is 25.8 Å². The van der Waals surface area contributed by atoms with Gasteiger partial charge in [0.25, 0.3) is 0 Å². The summed E-state index contributed by atoms with van der Waals surface area (Å²) >= 11 is 5.74. The fourth-order valence-corrected chi connectivity index (χ4v) is 2.38. The number of imidazole rings is 1. The zero-order valence-electron chi connectivity index (χ0n) is 10.1. The van der Waals surface area contributed by atoms with Gasteiger partial charge in [-0.15, -0.1) is 0 Å². The molecule has 1 unspecified atom stereocenters. The Hall–Kier alpha value is -1.52. The average molecular weight is 302 g/mol. The van der Waals surface area contributed by atoms with Gasteiger partial charge in [-0.2, -0.15) is 9.97 Å². The van der Waals surface area contributed by atoms with Crippen molar-refractivity contribution in [3.8, 4) is 0 Å². The SMILES string of the molecule is Nc1nc(Cl)nc2c1ncn2[C@@H]1O[C@H](CO)C(O)[C@H]1O. The maximum Gasteiger partial charge on any atom is 0.226 e. The summed E-state index contributed by atoms with van der Waals surface area (Å²) in [7, 11) is 0. The molecule has 0 radical (unpaired) electrons. The van der Waals surface area contributed by atoms with Crippen molar-refractivity contribution < 1.29 is 20.1 Å². The predicted molar refractivity (Wildman–Crippen MR) is 67.8 cm³/mol. The van der Waals surface area contributed by atoms with Crippen molar-refractivity contribution in [1.82, 2.24) is 19.5 Å². The second-order valence-electron chi connectivity index (χ2n) is 4.43. The summed E-state index contributed by atoms with van der Waals surface area (Å²) in [6.45, 7) is -0.417. The highest BCUT2D eigenvalue weighted by Crippen LogP contribution is 2.32. The first-order valence-corrected chi connectivity index (χ1v) is 6.18. The minimum absolute atomic E-state index is 0.0662. The number of fused-ring (bicyclic) bond motifs is 1. The van der Waals surface area contributed by atoms with E-state index in [1.807, 2.05) is 0 Å². The molecule has 0 amide bonds. The van der Waals surface area contributed by atoms with Crippen LogP contribution in [0, 0.1) is 0 Å². The summed E-state index contributed by atoms with van der Waals surface area (Å²) in [5.74, 6) is 0.102. The van der Waals surface area contributed by atoms with E-state index in [9.17, 15) is 10.2 Å². The molecule has 9 nitrogen and oxygen atoms in total. The van der Waals surface area contributed by atoms with Crippen molar-refractivity contribution in [1.29, 1.82) is 0 Å². The fourth-order valence-electron chi connectivity index (χ4n) is 2.21. The molecule has 3 heterocycles. The molecule has 2 aromatic rings. The first-order valence-electron chi connectivity index (χ1n) is 5.81. The lowest BCUT2D eigenvalue weighted by atomic mass is 10.1. The molecule has 0 spiro atoms. The smallest absolute Gasteiger partial charge is 0.226 e. The van der Waals surface area contributed by atoms with Gasteiger partial charge in [0, 0.05) is 0 Å². The van der Waals surface area contributed by atoms with E-state index in [0.29, 0.717) is 5.52 Å². The molecule has 1 aliphatic rings. The lowest BCUT2D eigenvalue weighted by Crippen LogP contribution is -2.33. The Kier molecular flexibility index (Phi) is 3.22. The highest BCUT2D eigenvalue weighted by Gasteiger charge is 2.44. The van der Waals surface area contributed by atoms with E-state index in [1.165, 1.54) is 10.9 Å².